The van der Waals surface area contributed by atoms with Gasteiger partial charge in [-0.15, -0.1) is 10.2 Å². The number of unbranched alkanes of at least 4 members (excludes halogenated alkanes) is 3. The average Bonchev–Trinajstić information content (AvgIpc) is 3.07. The van der Waals surface area contributed by atoms with Gasteiger partial charge in [-0.2, -0.15) is 4.98 Å². The molecular weight excluding hydrogens is 538 g/mol. The number of fused-ring (bicyclic) bond motifs is 3. The topological polar surface area (TPSA) is 147 Å². The van der Waals surface area contributed by atoms with Crippen molar-refractivity contribution in [1.82, 2.24) is 15.2 Å². The minimum atomic E-state index is -1.33. The number of thioether (sulfide) groups is 1. The Balaban J connectivity index is 1.90. The van der Waals surface area contributed by atoms with Gasteiger partial charge in [-0.1, -0.05) is 56.1 Å². The van der Waals surface area contributed by atoms with Crippen molar-refractivity contribution < 1.29 is 28.7 Å². The molecule has 1 atom stereocenters. The average molecular weight is 568 g/mol. The number of methoxy groups -OCH3 is 1. The molecule has 0 bridgehead atoms. The molecule has 1 amide bonds. The molecular formula is C27H29N5O7S. The van der Waals surface area contributed by atoms with E-state index in [4.69, 9.17) is 14.2 Å². The van der Waals surface area contributed by atoms with Crippen LogP contribution >= 0.6 is 11.8 Å². The highest BCUT2D eigenvalue weighted by atomic mass is 32.2. The van der Waals surface area contributed by atoms with E-state index >= 15 is 0 Å². The standard InChI is InChI=1S/C27H29N5O7S/c1-5-6-7-10-13-40-27-28-25-23(29-30-27)19-11-8-9-12-21(19)31(16(2)33)26(39-25)20-14-18(37-4)15-22(32(35)36)24(20)38-17(3)34/h8-9,11-12,14-15,26H,5-7,10,13H2,1-4H3. The first-order valence-corrected chi connectivity index (χ1v) is 13.7. The molecule has 4 rings (SSSR count). The third kappa shape index (κ3) is 6.14. The highest BCUT2D eigenvalue weighted by molar-refractivity contribution is 7.99. The maximum absolute atomic E-state index is 13.2. The fraction of sp³-hybridized carbons (Fsp3) is 0.370. The van der Waals surface area contributed by atoms with Crippen molar-refractivity contribution in [3.63, 3.8) is 0 Å². The molecule has 1 aliphatic heterocycles. The van der Waals surface area contributed by atoms with Crippen LogP contribution in [0.1, 0.15) is 58.2 Å². The second-order valence-electron chi connectivity index (χ2n) is 8.95. The summed E-state index contributed by atoms with van der Waals surface area (Å²) in [5, 5.41) is 21.1. The van der Waals surface area contributed by atoms with Gasteiger partial charge in [0.25, 0.3) is 0 Å². The summed E-state index contributed by atoms with van der Waals surface area (Å²) in [5.74, 6) is -0.633. The summed E-state index contributed by atoms with van der Waals surface area (Å²) in [6.45, 7) is 4.60. The van der Waals surface area contributed by atoms with Gasteiger partial charge >= 0.3 is 11.7 Å². The Morgan fingerprint density at radius 1 is 1.15 bits per heavy atom. The minimum absolute atomic E-state index is 0.0199. The van der Waals surface area contributed by atoms with Crippen molar-refractivity contribution >= 4 is 35.0 Å². The Morgan fingerprint density at radius 2 is 1.93 bits per heavy atom. The first-order chi connectivity index (χ1) is 19.2. The number of esters is 1. The van der Waals surface area contributed by atoms with Gasteiger partial charge in [-0.05, 0) is 18.6 Å². The SMILES string of the molecule is CCCCCCSc1nnc2c(n1)OC(c1cc(OC)cc([N+](=O)[O-])c1OC(C)=O)N(C(C)=O)c1ccccc1-2. The number of carbonyl (C=O) groups excluding carboxylic acids is 2. The molecule has 40 heavy (non-hydrogen) atoms. The Labute approximate surface area is 235 Å². The van der Waals surface area contributed by atoms with Gasteiger partial charge in [-0.3, -0.25) is 24.6 Å². The zero-order valence-electron chi connectivity index (χ0n) is 22.6. The van der Waals surface area contributed by atoms with Gasteiger partial charge in [0.2, 0.25) is 28.9 Å². The summed E-state index contributed by atoms with van der Waals surface area (Å²) in [6.07, 6.45) is 3.02. The van der Waals surface area contributed by atoms with Crippen molar-refractivity contribution in [3.05, 3.63) is 52.1 Å². The molecule has 0 radical (unpaired) electrons. The van der Waals surface area contributed by atoms with Gasteiger partial charge in [0.1, 0.15) is 5.75 Å². The molecule has 210 valence electrons. The number of ether oxygens (including phenoxy) is 3. The van der Waals surface area contributed by atoms with Gasteiger partial charge in [0, 0.05) is 25.2 Å². The summed E-state index contributed by atoms with van der Waals surface area (Å²) in [5.41, 5.74) is 0.728. The summed E-state index contributed by atoms with van der Waals surface area (Å²) in [4.78, 5) is 42.4. The number of amides is 1. The van der Waals surface area contributed by atoms with Crippen LogP contribution < -0.4 is 19.1 Å². The number of nitro groups is 1. The van der Waals surface area contributed by atoms with E-state index in [1.165, 1.54) is 36.8 Å². The van der Waals surface area contributed by atoms with E-state index in [1.807, 2.05) is 0 Å². The molecule has 13 heteroatoms. The van der Waals surface area contributed by atoms with E-state index in [0.717, 1.165) is 44.4 Å². The monoisotopic (exact) mass is 567 g/mol. The predicted molar refractivity (Wildman–Crippen MR) is 148 cm³/mol. The van der Waals surface area contributed by atoms with Crippen LogP contribution in [-0.2, 0) is 9.59 Å². The number of hydrogen-bond donors (Lipinski definition) is 0. The number of nitro benzene ring substituents is 1. The highest BCUT2D eigenvalue weighted by Gasteiger charge is 2.39. The largest absolute Gasteiger partial charge is 0.496 e. The van der Waals surface area contributed by atoms with Gasteiger partial charge in [0.05, 0.1) is 29.4 Å². The Morgan fingerprint density at radius 3 is 2.60 bits per heavy atom. The predicted octanol–water partition coefficient (Wildman–Crippen LogP) is 5.50. The number of aromatic nitrogens is 3. The molecule has 2 heterocycles. The van der Waals surface area contributed by atoms with E-state index in [-0.39, 0.29) is 22.9 Å². The Hall–Kier alpha value is -4.26. The third-order valence-corrected chi connectivity index (χ3v) is 7.02. The van der Waals surface area contributed by atoms with E-state index in [1.54, 1.807) is 24.3 Å². The molecule has 0 saturated carbocycles. The number of benzene rings is 2. The van der Waals surface area contributed by atoms with E-state index < -0.39 is 28.7 Å². The summed E-state index contributed by atoms with van der Waals surface area (Å²) >= 11 is 1.44. The van der Waals surface area contributed by atoms with Crippen LogP contribution in [0.25, 0.3) is 11.3 Å². The molecule has 0 saturated heterocycles. The van der Waals surface area contributed by atoms with Gasteiger partial charge < -0.3 is 14.2 Å². The molecule has 1 aliphatic rings. The van der Waals surface area contributed by atoms with Crippen LogP contribution in [0.2, 0.25) is 0 Å². The molecule has 1 aromatic heterocycles. The Bertz CT molecular complexity index is 1430. The Kier molecular flexibility index (Phi) is 9.15. The van der Waals surface area contributed by atoms with Crippen molar-refractivity contribution in [3.8, 4) is 28.6 Å². The number of anilines is 1. The maximum Gasteiger partial charge on any atom is 0.315 e. The molecule has 12 nitrogen and oxygen atoms in total. The van der Waals surface area contributed by atoms with E-state index in [9.17, 15) is 19.7 Å². The fourth-order valence-corrected chi connectivity index (χ4v) is 5.09. The maximum atomic E-state index is 13.2. The summed E-state index contributed by atoms with van der Waals surface area (Å²) in [7, 11) is 1.34. The van der Waals surface area contributed by atoms with Crippen molar-refractivity contribution in [1.29, 1.82) is 0 Å². The lowest BCUT2D eigenvalue weighted by Crippen LogP contribution is -2.36. The van der Waals surface area contributed by atoms with Crippen LogP contribution in [0.3, 0.4) is 0 Å². The van der Waals surface area contributed by atoms with Crippen LogP contribution in [0.4, 0.5) is 11.4 Å². The molecule has 1 unspecified atom stereocenters. The van der Waals surface area contributed by atoms with Crippen molar-refractivity contribution in [2.75, 3.05) is 17.8 Å². The van der Waals surface area contributed by atoms with Crippen molar-refractivity contribution in [2.24, 2.45) is 0 Å². The molecule has 0 aliphatic carbocycles. The van der Waals surface area contributed by atoms with Crippen LogP contribution in [0.5, 0.6) is 17.4 Å². The van der Waals surface area contributed by atoms with Crippen molar-refractivity contribution in [2.45, 2.75) is 57.8 Å². The molecule has 0 spiro atoms. The molecule has 3 aromatic rings. The van der Waals surface area contributed by atoms with Crippen LogP contribution in [0.15, 0.2) is 41.6 Å². The zero-order chi connectivity index (χ0) is 28.8. The first kappa shape index (κ1) is 28.7. The smallest absolute Gasteiger partial charge is 0.315 e. The number of carbonyl (C=O) groups is 2. The summed E-state index contributed by atoms with van der Waals surface area (Å²) < 4.78 is 17.0. The number of nitrogens with zero attached hydrogens (tertiary/aromatic N) is 5. The second-order valence-corrected chi connectivity index (χ2v) is 10.0. The third-order valence-electron chi connectivity index (χ3n) is 6.10. The van der Waals surface area contributed by atoms with Gasteiger partial charge in [-0.25, -0.2) is 0 Å². The molecule has 0 fully saturated rings. The van der Waals surface area contributed by atoms with Gasteiger partial charge in [0.15, 0.2) is 5.69 Å². The van der Waals surface area contributed by atoms with Crippen LogP contribution in [-0.4, -0.2) is 44.8 Å². The summed E-state index contributed by atoms with van der Waals surface area (Å²) in [6, 6.07) is 9.53. The lowest BCUT2D eigenvalue weighted by molar-refractivity contribution is -0.385. The second kappa shape index (κ2) is 12.7. The lowest BCUT2D eigenvalue weighted by Gasteiger charge is -2.30. The number of hydrogen-bond acceptors (Lipinski definition) is 11. The quantitative estimate of drug-likeness (QED) is 0.0764. The molecule has 2 aromatic carbocycles. The van der Waals surface area contributed by atoms with E-state index in [2.05, 4.69) is 22.1 Å². The highest BCUT2D eigenvalue weighted by Crippen LogP contribution is 2.47. The fourth-order valence-electron chi connectivity index (χ4n) is 4.31. The lowest BCUT2D eigenvalue weighted by atomic mass is 10.1. The number of para-hydroxylation sites is 1. The molecule has 0 N–H and O–H groups in total. The number of rotatable bonds is 10. The first-order valence-electron chi connectivity index (χ1n) is 12.7. The normalized spacial score (nSPS) is 13.9. The van der Waals surface area contributed by atoms with Crippen LogP contribution in [0, 0.1) is 10.1 Å². The zero-order valence-corrected chi connectivity index (χ0v) is 23.4. The van der Waals surface area contributed by atoms with E-state index in [0.29, 0.717) is 22.1 Å². The minimum Gasteiger partial charge on any atom is -0.496 e.